The lowest BCUT2D eigenvalue weighted by Gasteiger charge is -2.11. The first-order valence-electron chi connectivity index (χ1n) is 7.11. The summed E-state index contributed by atoms with van der Waals surface area (Å²) in [7, 11) is 0. The van der Waals surface area contributed by atoms with Gasteiger partial charge in [0.1, 0.15) is 23.9 Å². The van der Waals surface area contributed by atoms with Gasteiger partial charge >= 0.3 is 12.4 Å². The summed E-state index contributed by atoms with van der Waals surface area (Å²) in [6.45, 7) is 0.343. The fraction of sp³-hybridized carbons (Fsp3) is 0.188. The third kappa shape index (κ3) is 6.98. The molecule has 0 bridgehead atoms. The molecule has 0 spiro atoms. The number of amides is 2. The van der Waals surface area contributed by atoms with Crippen LogP contribution in [-0.4, -0.2) is 25.5 Å². The summed E-state index contributed by atoms with van der Waals surface area (Å²) in [5.74, 6) is -0.300. The molecule has 2 aromatic rings. The number of hydrogen-bond donors (Lipinski definition) is 2. The largest absolute Gasteiger partial charge is 0.573 e. The van der Waals surface area contributed by atoms with E-state index in [0.717, 1.165) is 12.1 Å². The molecule has 2 N–H and O–H groups in total. The Bertz CT molecular complexity index is 688. The average Bonchev–Trinajstić information content (AvgIpc) is 2.54. The van der Waals surface area contributed by atoms with E-state index in [1.807, 2.05) is 0 Å². The summed E-state index contributed by atoms with van der Waals surface area (Å²) in [6.07, 6.45) is -4.77. The Balaban J connectivity index is 1.70. The molecule has 25 heavy (non-hydrogen) atoms. The van der Waals surface area contributed by atoms with E-state index in [-0.39, 0.29) is 24.7 Å². The van der Waals surface area contributed by atoms with Gasteiger partial charge in [0.05, 0.1) is 6.54 Å². The molecule has 0 aliphatic heterocycles. The van der Waals surface area contributed by atoms with E-state index in [1.54, 1.807) is 0 Å². The number of halogens is 4. The average molecular weight is 358 g/mol. The number of benzene rings is 2. The molecule has 2 aromatic carbocycles. The Morgan fingerprint density at radius 2 is 1.56 bits per heavy atom. The molecule has 0 saturated heterocycles. The monoisotopic (exact) mass is 358 g/mol. The maximum absolute atomic E-state index is 12.7. The second-order valence-electron chi connectivity index (χ2n) is 4.76. The highest BCUT2D eigenvalue weighted by Crippen LogP contribution is 2.23. The fourth-order valence-corrected chi connectivity index (χ4v) is 1.78. The van der Waals surface area contributed by atoms with Gasteiger partial charge in [-0.3, -0.25) is 0 Å². The molecule has 2 rings (SSSR count). The molecule has 0 saturated carbocycles. The number of nitrogens with one attached hydrogen (secondary N) is 2. The van der Waals surface area contributed by atoms with Crippen molar-refractivity contribution in [1.29, 1.82) is 0 Å². The molecule has 2 amide bonds. The lowest BCUT2D eigenvalue weighted by atomic mass is 10.3. The predicted octanol–water partition coefficient (Wildman–Crippen LogP) is 3.92. The van der Waals surface area contributed by atoms with Crippen LogP contribution in [0.1, 0.15) is 0 Å². The lowest BCUT2D eigenvalue weighted by Crippen LogP contribution is -2.32. The van der Waals surface area contributed by atoms with Crippen LogP contribution in [0.3, 0.4) is 0 Å². The van der Waals surface area contributed by atoms with E-state index in [9.17, 15) is 22.4 Å². The van der Waals surface area contributed by atoms with Crippen LogP contribution < -0.4 is 20.1 Å². The van der Waals surface area contributed by atoms with Gasteiger partial charge in [0.25, 0.3) is 0 Å². The van der Waals surface area contributed by atoms with Crippen LogP contribution in [0.2, 0.25) is 0 Å². The number of alkyl halides is 3. The SMILES string of the molecule is O=C(NCCOc1ccc(F)cc1)Nc1ccc(OC(F)(F)F)cc1. The Morgan fingerprint density at radius 3 is 2.16 bits per heavy atom. The first-order chi connectivity index (χ1) is 11.8. The number of rotatable bonds is 6. The van der Waals surface area contributed by atoms with Crippen molar-refractivity contribution in [1.82, 2.24) is 5.32 Å². The van der Waals surface area contributed by atoms with E-state index >= 15 is 0 Å². The molecule has 0 aliphatic carbocycles. The van der Waals surface area contributed by atoms with Gasteiger partial charge in [0, 0.05) is 5.69 Å². The fourth-order valence-electron chi connectivity index (χ4n) is 1.78. The van der Waals surface area contributed by atoms with E-state index in [4.69, 9.17) is 4.74 Å². The van der Waals surface area contributed by atoms with Gasteiger partial charge in [-0.15, -0.1) is 13.2 Å². The Kier molecular flexibility index (Phi) is 6.04. The number of carbonyl (C=O) groups excluding carboxylic acids is 1. The van der Waals surface area contributed by atoms with Gasteiger partial charge in [0.15, 0.2) is 0 Å². The minimum Gasteiger partial charge on any atom is -0.492 e. The topological polar surface area (TPSA) is 59.6 Å². The van der Waals surface area contributed by atoms with Crippen molar-refractivity contribution < 1.29 is 31.8 Å². The summed E-state index contributed by atoms with van der Waals surface area (Å²) in [6, 6.07) is 9.59. The number of anilines is 1. The highest BCUT2D eigenvalue weighted by molar-refractivity contribution is 5.89. The second kappa shape index (κ2) is 8.22. The summed E-state index contributed by atoms with van der Waals surface area (Å²) < 4.78 is 57.8. The number of carbonyl (C=O) groups is 1. The highest BCUT2D eigenvalue weighted by Gasteiger charge is 2.30. The van der Waals surface area contributed by atoms with Crippen molar-refractivity contribution in [3.63, 3.8) is 0 Å². The molecular formula is C16H14F4N2O3. The summed E-state index contributed by atoms with van der Waals surface area (Å²) in [5, 5.41) is 4.95. The molecule has 5 nitrogen and oxygen atoms in total. The molecular weight excluding hydrogens is 344 g/mol. The van der Waals surface area contributed by atoms with E-state index in [0.29, 0.717) is 11.4 Å². The van der Waals surface area contributed by atoms with Gasteiger partial charge in [-0.1, -0.05) is 0 Å². The summed E-state index contributed by atoms with van der Waals surface area (Å²) >= 11 is 0. The van der Waals surface area contributed by atoms with Gasteiger partial charge in [0.2, 0.25) is 0 Å². The molecule has 0 unspecified atom stereocenters. The molecule has 0 aromatic heterocycles. The summed E-state index contributed by atoms with van der Waals surface area (Å²) in [5.41, 5.74) is 0.298. The van der Waals surface area contributed by atoms with E-state index in [1.165, 1.54) is 36.4 Å². The Hall–Kier alpha value is -2.97. The minimum absolute atomic E-state index is 0.164. The molecule has 134 valence electrons. The lowest BCUT2D eigenvalue weighted by molar-refractivity contribution is -0.274. The quantitative estimate of drug-likeness (QED) is 0.608. The zero-order valence-electron chi connectivity index (χ0n) is 12.8. The molecule has 0 heterocycles. The third-order valence-corrected chi connectivity index (χ3v) is 2.82. The van der Waals surface area contributed by atoms with Crippen LogP contribution >= 0.6 is 0 Å². The number of hydrogen-bond acceptors (Lipinski definition) is 3. The number of urea groups is 1. The van der Waals surface area contributed by atoms with Crippen molar-refractivity contribution in [3.05, 3.63) is 54.3 Å². The van der Waals surface area contributed by atoms with Crippen LogP contribution in [0.4, 0.5) is 28.0 Å². The van der Waals surface area contributed by atoms with Gasteiger partial charge in [-0.25, -0.2) is 9.18 Å². The molecule has 9 heteroatoms. The van der Waals surface area contributed by atoms with Gasteiger partial charge < -0.3 is 20.1 Å². The standard InChI is InChI=1S/C16H14F4N2O3/c17-11-1-5-13(6-2-11)24-10-9-21-15(23)22-12-3-7-14(8-4-12)25-16(18,19)20/h1-8H,9-10H2,(H2,21,22,23). The van der Waals surface area contributed by atoms with Crippen LogP contribution in [0.5, 0.6) is 11.5 Å². The zero-order valence-corrected chi connectivity index (χ0v) is 12.8. The van der Waals surface area contributed by atoms with E-state index in [2.05, 4.69) is 15.4 Å². The van der Waals surface area contributed by atoms with Crippen LogP contribution in [-0.2, 0) is 0 Å². The molecule has 0 radical (unpaired) electrons. The minimum atomic E-state index is -4.77. The van der Waals surface area contributed by atoms with Crippen LogP contribution in [0.25, 0.3) is 0 Å². The Morgan fingerprint density at radius 1 is 0.960 bits per heavy atom. The maximum Gasteiger partial charge on any atom is 0.573 e. The third-order valence-electron chi connectivity index (χ3n) is 2.82. The Labute approximate surface area is 140 Å². The highest BCUT2D eigenvalue weighted by atomic mass is 19.4. The number of ether oxygens (including phenoxy) is 2. The van der Waals surface area contributed by atoms with Crippen molar-refractivity contribution in [2.75, 3.05) is 18.5 Å². The smallest absolute Gasteiger partial charge is 0.492 e. The van der Waals surface area contributed by atoms with Crippen molar-refractivity contribution >= 4 is 11.7 Å². The van der Waals surface area contributed by atoms with Crippen LogP contribution in [0, 0.1) is 5.82 Å². The van der Waals surface area contributed by atoms with Crippen LogP contribution in [0.15, 0.2) is 48.5 Å². The van der Waals surface area contributed by atoms with E-state index < -0.39 is 12.4 Å². The molecule has 0 atom stereocenters. The van der Waals surface area contributed by atoms with Crippen molar-refractivity contribution in [2.45, 2.75) is 6.36 Å². The normalized spacial score (nSPS) is 10.9. The maximum atomic E-state index is 12.7. The zero-order chi connectivity index (χ0) is 18.3. The molecule has 0 fully saturated rings. The first kappa shape index (κ1) is 18.4. The first-order valence-corrected chi connectivity index (χ1v) is 7.11. The summed E-state index contributed by atoms with van der Waals surface area (Å²) in [4.78, 5) is 11.6. The van der Waals surface area contributed by atoms with Crippen molar-refractivity contribution in [2.24, 2.45) is 0 Å². The van der Waals surface area contributed by atoms with Gasteiger partial charge in [-0.05, 0) is 48.5 Å². The molecule has 0 aliphatic rings. The van der Waals surface area contributed by atoms with Gasteiger partial charge in [-0.2, -0.15) is 0 Å². The predicted molar refractivity (Wildman–Crippen MR) is 82.0 cm³/mol. The van der Waals surface area contributed by atoms with Crippen molar-refractivity contribution in [3.8, 4) is 11.5 Å². The second-order valence-corrected chi connectivity index (χ2v) is 4.76.